The van der Waals surface area contributed by atoms with Gasteiger partial charge in [0.2, 0.25) is 0 Å². The first-order chi connectivity index (χ1) is 10.2. The molecule has 0 aromatic carbocycles. The first-order valence-corrected chi connectivity index (χ1v) is 7.80. The summed E-state index contributed by atoms with van der Waals surface area (Å²) in [5.74, 6) is 11.6. The summed E-state index contributed by atoms with van der Waals surface area (Å²) in [5, 5.41) is 19.2. The van der Waals surface area contributed by atoms with Crippen molar-refractivity contribution in [2.24, 2.45) is 5.92 Å². The number of quaternary nitrogens is 1. The summed E-state index contributed by atoms with van der Waals surface area (Å²) in [5.41, 5.74) is -1.59. The number of rotatable bonds is 3. The van der Waals surface area contributed by atoms with Gasteiger partial charge >= 0.3 is 0 Å². The molecule has 0 saturated carbocycles. The Morgan fingerprint density at radius 1 is 1.36 bits per heavy atom. The third-order valence-corrected chi connectivity index (χ3v) is 4.28. The van der Waals surface area contributed by atoms with E-state index in [0.717, 1.165) is 6.54 Å². The van der Waals surface area contributed by atoms with Crippen LogP contribution in [0.15, 0.2) is 0 Å². The van der Waals surface area contributed by atoms with Gasteiger partial charge in [0.05, 0.1) is 38.7 Å². The molecule has 120 valence electrons. The van der Waals surface area contributed by atoms with E-state index in [2.05, 4.69) is 37.7 Å². The SMILES string of the molecule is C[C@H]1C[C@](O)(C#CC#CC(C)(C)OCCC#N)[C@@H](C)C[NH+]1C. The van der Waals surface area contributed by atoms with Gasteiger partial charge in [0.25, 0.3) is 0 Å². The molecule has 0 spiro atoms. The molecule has 4 heteroatoms. The van der Waals surface area contributed by atoms with Crippen molar-refractivity contribution in [2.45, 2.75) is 57.8 Å². The minimum Gasteiger partial charge on any atom is -0.377 e. The molecule has 0 aromatic rings. The molecule has 0 aromatic heterocycles. The highest BCUT2D eigenvalue weighted by Gasteiger charge is 2.42. The van der Waals surface area contributed by atoms with Crippen molar-refractivity contribution in [3.05, 3.63) is 0 Å². The van der Waals surface area contributed by atoms with Crippen LogP contribution in [0.3, 0.4) is 0 Å². The van der Waals surface area contributed by atoms with Gasteiger partial charge in [-0.1, -0.05) is 18.8 Å². The van der Waals surface area contributed by atoms with E-state index in [4.69, 9.17) is 10.00 Å². The van der Waals surface area contributed by atoms with Gasteiger partial charge < -0.3 is 14.7 Å². The van der Waals surface area contributed by atoms with Crippen LogP contribution in [0, 0.1) is 40.9 Å². The van der Waals surface area contributed by atoms with E-state index < -0.39 is 11.2 Å². The lowest BCUT2D eigenvalue weighted by molar-refractivity contribution is -0.915. The Bertz CT molecular complexity index is 541. The molecule has 4 nitrogen and oxygen atoms in total. The first kappa shape index (κ1) is 18.5. The maximum Gasteiger partial charge on any atom is 0.140 e. The predicted molar refractivity (Wildman–Crippen MR) is 85.8 cm³/mol. The van der Waals surface area contributed by atoms with Gasteiger partial charge in [-0.2, -0.15) is 5.26 Å². The molecule has 0 aliphatic carbocycles. The van der Waals surface area contributed by atoms with Crippen LogP contribution in [0.2, 0.25) is 0 Å². The van der Waals surface area contributed by atoms with Crippen molar-refractivity contribution in [3.63, 3.8) is 0 Å². The summed E-state index contributed by atoms with van der Waals surface area (Å²) in [6.07, 6.45) is 1.01. The number of hydrogen-bond acceptors (Lipinski definition) is 3. The molecule has 4 atom stereocenters. The second kappa shape index (κ2) is 7.66. The Morgan fingerprint density at radius 3 is 2.68 bits per heavy atom. The van der Waals surface area contributed by atoms with Crippen LogP contribution in [0.5, 0.6) is 0 Å². The van der Waals surface area contributed by atoms with E-state index in [1.54, 1.807) is 0 Å². The maximum absolute atomic E-state index is 10.7. The van der Waals surface area contributed by atoms with Crippen LogP contribution in [0.4, 0.5) is 0 Å². The van der Waals surface area contributed by atoms with E-state index >= 15 is 0 Å². The average molecular weight is 303 g/mol. The standard InChI is InChI=1S/C18H26N2O2/c1-15-14-20(5)16(2)13-18(15,21)10-7-6-9-17(3,4)22-12-8-11-19/h15-16,21H,8,12-14H2,1-5H3/p+1/t15-,16-,18+/m0/s1. The largest absolute Gasteiger partial charge is 0.377 e. The number of nitriles is 1. The van der Waals surface area contributed by atoms with Crippen LogP contribution in [0.25, 0.3) is 0 Å². The minimum absolute atomic E-state index is 0.123. The number of ether oxygens (including phenoxy) is 1. The highest BCUT2D eigenvalue weighted by Crippen LogP contribution is 2.23. The summed E-state index contributed by atoms with van der Waals surface area (Å²) in [6.45, 7) is 9.12. The van der Waals surface area contributed by atoms with Gasteiger partial charge in [0.15, 0.2) is 0 Å². The zero-order valence-electron chi connectivity index (χ0n) is 14.3. The van der Waals surface area contributed by atoms with Crippen molar-refractivity contribution in [3.8, 4) is 29.8 Å². The van der Waals surface area contributed by atoms with E-state index in [1.807, 2.05) is 26.8 Å². The molecule has 1 unspecified atom stereocenters. The number of nitrogens with zero attached hydrogens (tertiary/aromatic N) is 1. The topological polar surface area (TPSA) is 57.7 Å². The first-order valence-electron chi connectivity index (χ1n) is 7.80. The van der Waals surface area contributed by atoms with Crippen molar-refractivity contribution >= 4 is 0 Å². The molecule has 0 radical (unpaired) electrons. The summed E-state index contributed by atoms with van der Waals surface area (Å²) in [4.78, 5) is 1.43. The third kappa shape index (κ3) is 5.36. The highest BCUT2D eigenvalue weighted by molar-refractivity contribution is 5.33. The zero-order valence-corrected chi connectivity index (χ0v) is 14.3. The molecule has 0 bridgehead atoms. The van der Waals surface area contributed by atoms with Crippen LogP contribution >= 0.6 is 0 Å². The van der Waals surface area contributed by atoms with E-state index in [0.29, 0.717) is 25.5 Å². The molecule has 1 heterocycles. The molecule has 2 N–H and O–H groups in total. The Balaban J connectivity index is 2.71. The summed E-state index contributed by atoms with van der Waals surface area (Å²) < 4.78 is 5.51. The Kier molecular flexibility index (Phi) is 6.46. The molecular formula is C18H27N2O2+. The van der Waals surface area contributed by atoms with Gasteiger partial charge in [0, 0.05) is 12.3 Å². The summed E-state index contributed by atoms with van der Waals surface area (Å²) >= 11 is 0. The number of aliphatic hydroxyl groups is 1. The summed E-state index contributed by atoms with van der Waals surface area (Å²) in [7, 11) is 2.15. The van der Waals surface area contributed by atoms with Gasteiger partial charge in [0.1, 0.15) is 11.2 Å². The Morgan fingerprint density at radius 2 is 2.05 bits per heavy atom. The van der Waals surface area contributed by atoms with E-state index in [9.17, 15) is 5.11 Å². The average Bonchev–Trinajstić information content (AvgIpc) is 2.42. The van der Waals surface area contributed by atoms with Crippen LogP contribution in [-0.2, 0) is 4.74 Å². The Labute approximate surface area is 134 Å². The van der Waals surface area contributed by atoms with Crippen molar-refractivity contribution in [1.82, 2.24) is 0 Å². The molecule has 1 saturated heterocycles. The van der Waals surface area contributed by atoms with E-state index in [-0.39, 0.29) is 5.92 Å². The van der Waals surface area contributed by atoms with Crippen LogP contribution in [0.1, 0.15) is 40.5 Å². The van der Waals surface area contributed by atoms with Crippen LogP contribution in [-0.4, -0.2) is 42.5 Å². The quantitative estimate of drug-likeness (QED) is 0.585. The smallest absolute Gasteiger partial charge is 0.140 e. The van der Waals surface area contributed by atoms with Gasteiger partial charge in [-0.25, -0.2) is 0 Å². The number of nitrogens with one attached hydrogen (secondary N) is 1. The molecular weight excluding hydrogens is 276 g/mol. The minimum atomic E-state index is -0.959. The lowest BCUT2D eigenvalue weighted by Crippen LogP contribution is -3.15. The predicted octanol–water partition coefficient (Wildman–Crippen LogP) is 0.376. The second-order valence-electron chi connectivity index (χ2n) is 6.75. The normalized spacial score (nSPS) is 31.2. The van der Waals surface area contributed by atoms with Crippen molar-refractivity contribution in [1.29, 1.82) is 5.26 Å². The highest BCUT2D eigenvalue weighted by atomic mass is 16.5. The molecule has 22 heavy (non-hydrogen) atoms. The molecule has 1 aliphatic heterocycles. The van der Waals surface area contributed by atoms with Gasteiger partial charge in [-0.05, 0) is 32.6 Å². The molecule has 1 fully saturated rings. The lowest BCUT2D eigenvalue weighted by atomic mass is 9.79. The van der Waals surface area contributed by atoms with Crippen LogP contribution < -0.4 is 4.90 Å². The monoisotopic (exact) mass is 303 g/mol. The fourth-order valence-corrected chi connectivity index (χ4v) is 2.58. The molecule has 0 amide bonds. The van der Waals surface area contributed by atoms with E-state index in [1.165, 1.54) is 4.90 Å². The number of likely N-dealkylation sites (tertiary alicyclic amines) is 1. The second-order valence-corrected chi connectivity index (χ2v) is 6.75. The van der Waals surface area contributed by atoms with Gasteiger partial charge in [-0.15, -0.1) is 0 Å². The molecule has 1 aliphatic rings. The van der Waals surface area contributed by atoms with Crippen molar-refractivity contribution < 1.29 is 14.7 Å². The fraction of sp³-hybridized carbons (Fsp3) is 0.722. The summed E-state index contributed by atoms with van der Waals surface area (Å²) in [6, 6.07) is 2.42. The number of hydrogen-bond donors (Lipinski definition) is 2. The number of piperidine rings is 1. The Hall–Kier alpha value is -1.51. The van der Waals surface area contributed by atoms with Crippen molar-refractivity contribution in [2.75, 3.05) is 20.2 Å². The maximum atomic E-state index is 10.7. The zero-order chi connectivity index (χ0) is 16.8. The third-order valence-electron chi connectivity index (χ3n) is 4.28. The molecule has 1 rings (SSSR count). The fourth-order valence-electron chi connectivity index (χ4n) is 2.58. The lowest BCUT2D eigenvalue weighted by Gasteiger charge is -2.40. The van der Waals surface area contributed by atoms with Gasteiger partial charge in [-0.3, -0.25) is 0 Å².